The van der Waals surface area contributed by atoms with Gasteiger partial charge in [-0.05, 0) is 41.7 Å². The van der Waals surface area contributed by atoms with Crippen LogP contribution >= 0.6 is 12.4 Å². The van der Waals surface area contributed by atoms with Crippen molar-refractivity contribution in [2.45, 2.75) is 40.5 Å². The molecule has 0 unspecified atom stereocenters. The van der Waals surface area contributed by atoms with Crippen molar-refractivity contribution in [1.82, 2.24) is 9.78 Å². The summed E-state index contributed by atoms with van der Waals surface area (Å²) in [6.07, 6.45) is 4.02. The molecular formula is C22H28ClN3O. The molecule has 5 heteroatoms. The molecule has 0 fully saturated rings. The number of ether oxygens (including phenoxy) is 1. The first-order valence-electron chi connectivity index (χ1n) is 9.10. The van der Waals surface area contributed by atoms with E-state index in [2.05, 4.69) is 56.3 Å². The average Bonchev–Trinajstić information content (AvgIpc) is 3.08. The van der Waals surface area contributed by atoms with Gasteiger partial charge < -0.3 is 10.5 Å². The van der Waals surface area contributed by atoms with E-state index in [0.717, 1.165) is 40.1 Å². The van der Waals surface area contributed by atoms with Crippen molar-refractivity contribution >= 4 is 12.4 Å². The summed E-state index contributed by atoms with van der Waals surface area (Å²) in [7, 11) is 0. The lowest BCUT2D eigenvalue weighted by Crippen LogP contribution is -2.05. The summed E-state index contributed by atoms with van der Waals surface area (Å²) in [5, 5.41) is 4.47. The van der Waals surface area contributed by atoms with Gasteiger partial charge in [-0.2, -0.15) is 5.10 Å². The average molecular weight is 386 g/mol. The second-order valence-corrected chi connectivity index (χ2v) is 7.10. The van der Waals surface area contributed by atoms with Gasteiger partial charge in [0.1, 0.15) is 12.4 Å². The van der Waals surface area contributed by atoms with Gasteiger partial charge in [0.05, 0.1) is 6.20 Å². The Bertz CT molecular complexity index is 859. The van der Waals surface area contributed by atoms with Crippen molar-refractivity contribution in [3.63, 3.8) is 0 Å². The van der Waals surface area contributed by atoms with Crippen LogP contribution in [0.4, 0.5) is 0 Å². The smallest absolute Gasteiger partial charge is 0.127 e. The molecule has 2 N–H and O–H groups in total. The number of halogens is 1. The van der Waals surface area contributed by atoms with Crippen molar-refractivity contribution in [3.8, 4) is 16.9 Å². The van der Waals surface area contributed by atoms with Gasteiger partial charge in [-0.1, -0.05) is 44.2 Å². The molecular weight excluding hydrogens is 358 g/mol. The number of nitrogens with zero attached hydrogens (tertiary/aromatic N) is 2. The molecule has 0 amide bonds. The van der Waals surface area contributed by atoms with E-state index in [-0.39, 0.29) is 12.4 Å². The van der Waals surface area contributed by atoms with Crippen LogP contribution in [-0.2, 0) is 19.7 Å². The lowest BCUT2D eigenvalue weighted by Gasteiger charge is -2.15. The maximum Gasteiger partial charge on any atom is 0.127 e. The van der Waals surface area contributed by atoms with E-state index in [4.69, 9.17) is 10.5 Å². The van der Waals surface area contributed by atoms with E-state index in [0.29, 0.717) is 19.1 Å². The number of aromatic nitrogens is 2. The zero-order valence-corrected chi connectivity index (χ0v) is 17.0. The monoisotopic (exact) mass is 385 g/mol. The SMILES string of the molecule is Cc1cc(-c2cnn(CC(C)C)c2)cc(CN)c1OCc1ccccc1.Cl. The maximum atomic E-state index is 6.09. The zero-order chi connectivity index (χ0) is 18.5. The lowest BCUT2D eigenvalue weighted by atomic mass is 10.0. The van der Waals surface area contributed by atoms with Crippen LogP contribution in [0.1, 0.15) is 30.5 Å². The molecule has 3 rings (SSSR count). The molecule has 4 nitrogen and oxygen atoms in total. The highest BCUT2D eigenvalue weighted by Crippen LogP contribution is 2.31. The van der Waals surface area contributed by atoms with Crippen LogP contribution in [0.5, 0.6) is 5.75 Å². The Balaban J connectivity index is 0.00000261. The molecule has 1 aromatic heterocycles. The van der Waals surface area contributed by atoms with Crippen LogP contribution in [0.2, 0.25) is 0 Å². The van der Waals surface area contributed by atoms with E-state index in [1.807, 2.05) is 29.1 Å². The molecule has 144 valence electrons. The van der Waals surface area contributed by atoms with Gasteiger partial charge in [0.25, 0.3) is 0 Å². The van der Waals surface area contributed by atoms with E-state index in [1.165, 1.54) is 0 Å². The topological polar surface area (TPSA) is 53.1 Å². The largest absolute Gasteiger partial charge is 0.488 e. The molecule has 0 saturated heterocycles. The molecule has 0 spiro atoms. The molecule has 3 aromatic rings. The Kier molecular flexibility index (Phi) is 7.45. The molecule has 2 aromatic carbocycles. The summed E-state index contributed by atoms with van der Waals surface area (Å²) in [5.74, 6) is 1.45. The quantitative estimate of drug-likeness (QED) is 0.624. The third kappa shape index (κ3) is 5.34. The van der Waals surface area contributed by atoms with Crippen molar-refractivity contribution in [3.05, 3.63) is 71.5 Å². The van der Waals surface area contributed by atoms with Gasteiger partial charge in [0.15, 0.2) is 0 Å². The zero-order valence-electron chi connectivity index (χ0n) is 16.2. The summed E-state index contributed by atoms with van der Waals surface area (Å²) in [6, 6.07) is 14.4. The van der Waals surface area contributed by atoms with Gasteiger partial charge >= 0.3 is 0 Å². The van der Waals surface area contributed by atoms with Gasteiger partial charge in [-0.3, -0.25) is 4.68 Å². The molecule has 0 aliphatic rings. The number of hydrogen-bond donors (Lipinski definition) is 1. The second kappa shape index (κ2) is 9.58. The molecule has 1 heterocycles. The van der Waals surface area contributed by atoms with Gasteiger partial charge in [0.2, 0.25) is 0 Å². The molecule has 0 bridgehead atoms. The Morgan fingerprint density at radius 1 is 1.11 bits per heavy atom. The third-order valence-electron chi connectivity index (χ3n) is 4.32. The minimum absolute atomic E-state index is 0. The first-order valence-corrected chi connectivity index (χ1v) is 9.10. The highest BCUT2D eigenvalue weighted by atomic mass is 35.5. The number of nitrogens with two attached hydrogens (primary N) is 1. The van der Waals surface area contributed by atoms with Crippen LogP contribution in [-0.4, -0.2) is 9.78 Å². The minimum atomic E-state index is 0. The van der Waals surface area contributed by atoms with Crippen LogP contribution in [0.25, 0.3) is 11.1 Å². The highest BCUT2D eigenvalue weighted by molar-refractivity contribution is 5.85. The Morgan fingerprint density at radius 3 is 2.52 bits per heavy atom. The number of hydrogen-bond acceptors (Lipinski definition) is 3. The van der Waals surface area contributed by atoms with Gasteiger partial charge in [0, 0.05) is 30.4 Å². The van der Waals surface area contributed by atoms with Gasteiger partial charge in [-0.25, -0.2) is 0 Å². The highest BCUT2D eigenvalue weighted by Gasteiger charge is 2.12. The Labute approximate surface area is 167 Å². The fourth-order valence-corrected chi connectivity index (χ4v) is 3.09. The molecule has 0 atom stereocenters. The van der Waals surface area contributed by atoms with E-state index < -0.39 is 0 Å². The molecule has 0 saturated carbocycles. The first-order chi connectivity index (χ1) is 12.6. The van der Waals surface area contributed by atoms with Gasteiger partial charge in [-0.15, -0.1) is 12.4 Å². The van der Waals surface area contributed by atoms with E-state index in [9.17, 15) is 0 Å². The van der Waals surface area contributed by atoms with Crippen molar-refractivity contribution in [2.24, 2.45) is 11.7 Å². The normalized spacial score (nSPS) is 10.7. The molecule has 0 aliphatic heterocycles. The maximum absolute atomic E-state index is 6.09. The minimum Gasteiger partial charge on any atom is -0.488 e. The predicted molar refractivity (Wildman–Crippen MR) is 113 cm³/mol. The number of aryl methyl sites for hydroxylation is 1. The Hall–Kier alpha value is -2.30. The fourth-order valence-electron chi connectivity index (χ4n) is 3.09. The predicted octanol–water partition coefficient (Wildman–Crippen LogP) is 4.97. The second-order valence-electron chi connectivity index (χ2n) is 7.10. The summed E-state index contributed by atoms with van der Waals surface area (Å²) in [5.41, 5.74) is 11.5. The summed E-state index contributed by atoms with van der Waals surface area (Å²) in [6.45, 7) is 8.36. The van der Waals surface area contributed by atoms with Crippen molar-refractivity contribution in [2.75, 3.05) is 0 Å². The van der Waals surface area contributed by atoms with E-state index in [1.54, 1.807) is 0 Å². The summed E-state index contributed by atoms with van der Waals surface area (Å²) >= 11 is 0. The van der Waals surface area contributed by atoms with Crippen LogP contribution in [0.3, 0.4) is 0 Å². The van der Waals surface area contributed by atoms with Crippen LogP contribution in [0, 0.1) is 12.8 Å². The van der Waals surface area contributed by atoms with Crippen LogP contribution in [0.15, 0.2) is 54.9 Å². The third-order valence-corrected chi connectivity index (χ3v) is 4.32. The number of benzene rings is 2. The summed E-state index contributed by atoms with van der Waals surface area (Å²) < 4.78 is 8.09. The Morgan fingerprint density at radius 2 is 1.85 bits per heavy atom. The summed E-state index contributed by atoms with van der Waals surface area (Å²) in [4.78, 5) is 0. The fraction of sp³-hybridized carbons (Fsp3) is 0.318. The van der Waals surface area contributed by atoms with Crippen molar-refractivity contribution in [1.29, 1.82) is 0 Å². The molecule has 0 radical (unpaired) electrons. The molecule has 0 aliphatic carbocycles. The van der Waals surface area contributed by atoms with E-state index >= 15 is 0 Å². The molecule has 27 heavy (non-hydrogen) atoms. The standard InChI is InChI=1S/C22H27N3O.ClH/c1-16(2)13-25-14-21(12-24-25)19-9-17(3)22(20(10-19)11-23)26-15-18-7-5-4-6-8-18;/h4-10,12,14,16H,11,13,15,23H2,1-3H3;1H. The first kappa shape index (κ1) is 21.0. The number of rotatable bonds is 7. The van der Waals surface area contributed by atoms with Crippen molar-refractivity contribution < 1.29 is 4.74 Å². The van der Waals surface area contributed by atoms with Crippen LogP contribution < -0.4 is 10.5 Å². The lowest BCUT2D eigenvalue weighted by molar-refractivity contribution is 0.301.